The molecule has 2 amide bonds. The van der Waals surface area contributed by atoms with Crippen molar-refractivity contribution in [1.82, 2.24) is 10.6 Å². The van der Waals surface area contributed by atoms with E-state index < -0.39 is 22.4 Å². The molecule has 2 fully saturated rings. The van der Waals surface area contributed by atoms with E-state index in [0.29, 0.717) is 37.1 Å². The van der Waals surface area contributed by atoms with Crippen LogP contribution < -0.4 is 15.5 Å². The molecule has 0 radical (unpaired) electrons. The molecule has 10 heteroatoms. The molecule has 37 heavy (non-hydrogen) atoms. The summed E-state index contributed by atoms with van der Waals surface area (Å²) in [5.74, 6) is -0.801. The van der Waals surface area contributed by atoms with Crippen LogP contribution in [-0.4, -0.2) is 47.2 Å². The Morgan fingerprint density at radius 2 is 1.78 bits per heavy atom. The van der Waals surface area contributed by atoms with Crippen LogP contribution in [0.1, 0.15) is 49.1 Å². The molecule has 1 unspecified atom stereocenters. The number of carbonyl (C=O) groups is 3. The van der Waals surface area contributed by atoms with Gasteiger partial charge in [-0.05, 0) is 43.5 Å². The molecular formula is C27H28N4O6. The Bertz CT molecular complexity index is 1310. The van der Waals surface area contributed by atoms with Crippen molar-refractivity contribution >= 4 is 39.9 Å². The average Bonchev–Trinajstić information content (AvgIpc) is 3.35. The van der Waals surface area contributed by atoms with Crippen molar-refractivity contribution in [2.45, 2.75) is 50.1 Å². The van der Waals surface area contributed by atoms with Gasteiger partial charge in [0.1, 0.15) is 11.1 Å². The second-order valence-corrected chi connectivity index (χ2v) is 9.72. The SMILES string of the molecule is O=C(NC1(C(=O)NC2CCN(c3ccc([N+](=O)[O-])cc3)CC2=O)CCCCC1)c1cc2ccccc2o1. The van der Waals surface area contributed by atoms with Crippen molar-refractivity contribution in [1.29, 1.82) is 0 Å². The number of hydrogen-bond donors (Lipinski definition) is 2. The summed E-state index contributed by atoms with van der Waals surface area (Å²) in [5.41, 5.74) is 0.190. The molecule has 2 N–H and O–H groups in total. The summed E-state index contributed by atoms with van der Waals surface area (Å²) in [6.45, 7) is 0.591. The topological polar surface area (TPSA) is 135 Å². The lowest BCUT2D eigenvalue weighted by Gasteiger charge is -2.39. The lowest BCUT2D eigenvalue weighted by molar-refractivity contribution is -0.384. The zero-order chi connectivity index (χ0) is 26.0. The first-order valence-electron chi connectivity index (χ1n) is 12.5. The number of amides is 2. The number of anilines is 1. The van der Waals surface area contributed by atoms with Crippen molar-refractivity contribution in [2.24, 2.45) is 0 Å². The van der Waals surface area contributed by atoms with E-state index in [1.807, 2.05) is 23.1 Å². The van der Waals surface area contributed by atoms with Crippen LogP contribution in [0.5, 0.6) is 0 Å². The number of furan rings is 1. The molecule has 2 aromatic carbocycles. The Labute approximate surface area is 213 Å². The number of nitrogens with zero attached hydrogens (tertiary/aromatic N) is 2. The van der Waals surface area contributed by atoms with Crippen LogP contribution >= 0.6 is 0 Å². The number of hydrogen-bond acceptors (Lipinski definition) is 7. The average molecular weight is 505 g/mol. The molecule has 5 rings (SSSR count). The van der Waals surface area contributed by atoms with Crippen molar-refractivity contribution in [3.05, 3.63) is 70.5 Å². The Morgan fingerprint density at radius 1 is 1.05 bits per heavy atom. The first-order valence-corrected chi connectivity index (χ1v) is 12.5. The standard InChI is InChI=1S/C27H28N4O6/c32-22-17-30(19-8-10-20(11-9-19)31(35)36)15-12-21(22)28-26(34)27(13-4-1-5-14-27)29-25(33)24-16-18-6-2-3-7-23(18)37-24/h2-3,6-11,16,21H,1,4-5,12-15,17H2,(H,28,34)(H,29,33). The number of nitrogens with one attached hydrogen (secondary N) is 2. The molecule has 1 aromatic heterocycles. The minimum atomic E-state index is -1.11. The number of non-ortho nitro benzene ring substituents is 1. The molecular weight excluding hydrogens is 476 g/mol. The number of nitro benzene ring substituents is 1. The number of para-hydroxylation sites is 1. The van der Waals surface area contributed by atoms with Crippen LogP contribution in [-0.2, 0) is 9.59 Å². The van der Waals surface area contributed by atoms with Crippen molar-refractivity contribution in [3.8, 4) is 0 Å². The number of rotatable bonds is 6. The molecule has 0 bridgehead atoms. The van der Waals surface area contributed by atoms with Gasteiger partial charge in [-0.25, -0.2) is 0 Å². The molecule has 1 saturated heterocycles. The van der Waals surface area contributed by atoms with Gasteiger partial charge in [0.2, 0.25) is 5.91 Å². The van der Waals surface area contributed by atoms with Gasteiger partial charge in [-0.2, -0.15) is 0 Å². The van der Waals surface area contributed by atoms with Gasteiger partial charge in [0.05, 0.1) is 17.5 Å². The summed E-state index contributed by atoms with van der Waals surface area (Å²) in [4.78, 5) is 51.9. The fraction of sp³-hybridized carbons (Fsp3) is 0.370. The van der Waals surface area contributed by atoms with Crippen LogP contribution in [0.25, 0.3) is 11.0 Å². The maximum absolute atomic E-state index is 13.5. The molecule has 3 aromatic rings. The Balaban J connectivity index is 1.26. The second kappa shape index (κ2) is 10.0. The molecule has 10 nitrogen and oxygen atoms in total. The number of benzene rings is 2. The molecule has 2 aliphatic rings. The third kappa shape index (κ3) is 5.04. The number of piperidine rings is 1. The molecule has 1 aliphatic carbocycles. The Kier molecular flexibility index (Phi) is 6.64. The highest BCUT2D eigenvalue weighted by atomic mass is 16.6. The molecule has 1 atom stereocenters. The predicted octanol–water partition coefficient (Wildman–Crippen LogP) is 3.74. The first kappa shape index (κ1) is 24.5. The lowest BCUT2D eigenvalue weighted by atomic mass is 9.80. The molecule has 0 spiro atoms. The number of carbonyl (C=O) groups excluding carboxylic acids is 3. The summed E-state index contributed by atoms with van der Waals surface area (Å²) in [6, 6.07) is 14.4. The van der Waals surface area contributed by atoms with Gasteiger partial charge in [0, 0.05) is 29.8 Å². The van der Waals surface area contributed by atoms with Crippen LogP contribution in [0.15, 0.2) is 59.0 Å². The lowest BCUT2D eigenvalue weighted by Crippen LogP contribution is -2.63. The zero-order valence-corrected chi connectivity index (χ0v) is 20.3. The molecule has 2 heterocycles. The van der Waals surface area contributed by atoms with Gasteiger partial charge in [-0.1, -0.05) is 37.5 Å². The highest BCUT2D eigenvalue weighted by Crippen LogP contribution is 2.30. The van der Waals surface area contributed by atoms with Crippen molar-refractivity contribution in [3.63, 3.8) is 0 Å². The molecule has 1 saturated carbocycles. The number of nitro groups is 1. The summed E-state index contributed by atoms with van der Waals surface area (Å²) in [5, 5.41) is 17.6. The van der Waals surface area contributed by atoms with E-state index in [-0.39, 0.29) is 29.7 Å². The third-order valence-corrected chi connectivity index (χ3v) is 7.30. The van der Waals surface area contributed by atoms with Gasteiger partial charge in [-0.3, -0.25) is 24.5 Å². The van der Waals surface area contributed by atoms with Gasteiger partial charge in [-0.15, -0.1) is 0 Å². The summed E-state index contributed by atoms with van der Waals surface area (Å²) in [6.07, 6.45) is 3.93. The van der Waals surface area contributed by atoms with Crippen LogP contribution in [0.3, 0.4) is 0 Å². The minimum absolute atomic E-state index is 0.0142. The monoisotopic (exact) mass is 504 g/mol. The predicted molar refractivity (Wildman–Crippen MR) is 136 cm³/mol. The third-order valence-electron chi connectivity index (χ3n) is 7.30. The first-order chi connectivity index (χ1) is 17.8. The van der Waals surface area contributed by atoms with Crippen LogP contribution in [0.4, 0.5) is 11.4 Å². The van der Waals surface area contributed by atoms with E-state index in [2.05, 4.69) is 10.6 Å². The van der Waals surface area contributed by atoms with E-state index in [1.54, 1.807) is 24.3 Å². The quantitative estimate of drug-likeness (QED) is 0.386. The minimum Gasteiger partial charge on any atom is -0.451 e. The van der Waals surface area contributed by atoms with Crippen LogP contribution in [0.2, 0.25) is 0 Å². The second-order valence-electron chi connectivity index (χ2n) is 9.72. The van der Waals surface area contributed by atoms with Gasteiger partial charge in [0.15, 0.2) is 11.5 Å². The molecule has 1 aliphatic heterocycles. The van der Waals surface area contributed by atoms with E-state index in [4.69, 9.17) is 4.42 Å². The maximum atomic E-state index is 13.5. The number of fused-ring (bicyclic) bond motifs is 1. The van der Waals surface area contributed by atoms with E-state index >= 15 is 0 Å². The zero-order valence-electron chi connectivity index (χ0n) is 20.3. The fourth-order valence-electron chi connectivity index (χ4n) is 5.21. The Hall–Kier alpha value is -4.21. The highest BCUT2D eigenvalue weighted by molar-refractivity contribution is 6.01. The number of ketones is 1. The Morgan fingerprint density at radius 3 is 2.46 bits per heavy atom. The van der Waals surface area contributed by atoms with Gasteiger partial charge < -0.3 is 20.0 Å². The summed E-state index contributed by atoms with van der Waals surface area (Å²) >= 11 is 0. The van der Waals surface area contributed by atoms with Crippen molar-refractivity contribution < 1.29 is 23.7 Å². The molecule has 192 valence electrons. The van der Waals surface area contributed by atoms with E-state index in [9.17, 15) is 24.5 Å². The summed E-state index contributed by atoms with van der Waals surface area (Å²) in [7, 11) is 0. The van der Waals surface area contributed by atoms with Gasteiger partial charge >= 0.3 is 0 Å². The summed E-state index contributed by atoms with van der Waals surface area (Å²) < 4.78 is 5.70. The van der Waals surface area contributed by atoms with Gasteiger partial charge in [0.25, 0.3) is 11.6 Å². The number of Topliss-reactive ketones (excluding diaryl/α,β-unsaturated/α-hetero) is 1. The van der Waals surface area contributed by atoms with E-state index in [0.717, 1.165) is 24.6 Å². The largest absolute Gasteiger partial charge is 0.451 e. The fourth-order valence-corrected chi connectivity index (χ4v) is 5.21. The van der Waals surface area contributed by atoms with Crippen LogP contribution in [0, 0.1) is 10.1 Å². The highest BCUT2D eigenvalue weighted by Gasteiger charge is 2.43. The van der Waals surface area contributed by atoms with E-state index in [1.165, 1.54) is 12.1 Å². The maximum Gasteiger partial charge on any atom is 0.287 e. The smallest absolute Gasteiger partial charge is 0.287 e. The van der Waals surface area contributed by atoms with Crippen molar-refractivity contribution in [2.75, 3.05) is 18.0 Å². The normalized spacial score (nSPS) is 19.4.